The molecule has 1 saturated heterocycles. The van der Waals surface area contributed by atoms with Gasteiger partial charge in [-0.05, 0) is 26.0 Å². The number of aromatic nitrogens is 3. The van der Waals surface area contributed by atoms with Gasteiger partial charge in [-0.25, -0.2) is 9.97 Å². The van der Waals surface area contributed by atoms with Crippen molar-refractivity contribution in [1.29, 1.82) is 0 Å². The van der Waals surface area contributed by atoms with Crippen molar-refractivity contribution in [3.63, 3.8) is 0 Å². The van der Waals surface area contributed by atoms with Gasteiger partial charge in [-0.3, -0.25) is 9.88 Å². The largest absolute Gasteiger partial charge is 0.417 e. The van der Waals surface area contributed by atoms with Gasteiger partial charge in [0.15, 0.2) is 0 Å². The molecule has 1 fully saturated rings. The summed E-state index contributed by atoms with van der Waals surface area (Å²) in [6.07, 6.45) is -2.87. The van der Waals surface area contributed by atoms with E-state index in [1.54, 1.807) is 6.07 Å². The average molecular weight is 437 g/mol. The van der Waals surface area contributed by atoms with Crippen molar-refractivity contribution in [2.24, 2.45) is 0 Å². The van der Waals surface area contributed by atoms with Crippen molar-refractivity contribution in [1.82, 2.24) is 19.9 Å². The maximum Gasteiger partial charge on any atom is 0.417 e. The van der Waals surface area contributed by atoms with Crippen LogP contribution in [0, 0.1) is 0 Å². The molecule has 3 aromatic rings. The van der Waals surface area contributed by atoms with Gasteiger partial charge in [0.2, 0.25) is 0 Å². The fourth-order valence-electron chi connectivity index (χ4n) is 3.82. The molecular weight excluding hydrogens is 417 g/mol. The highest BCUT2D eigenvalue weighted by atomic mass is 35.5. The first-order valence-corrected chi connectivity index (χ1v) is 9.95. The lowest BCUT2D eigenvalue weighted by atomic mass is 10.0. The predicted octanol–water partition coefficient (Wildman–Crippen LogP) is 4.97. The number of fused-ring (bicyclic) bond motifs is 1. The van der Waals surface area contributed by atoms with Crippen LogP contribution in [0.5, 0.6) is 0 Å². The first-order valence-electron chi connectivity index (χ1n) is 9.57. The van der Waals surface area contributed by atoms with Crippen LogP contribution in [0.4, 0.5) is 13.2 Å². The molecule has 158 valence electrons. The molecule has 1 aliphatic heterocycles. The highest BCUT2D eigenvalue weighted by Crippen LogP contribution is 2.37. The van der Waals surface area contributed by atoms with Gasteiger partial charge in [0, 0.05) is 24.8 Å². The van der Waals surface area contributed by atoms with E-state index in [-0.39, 0.29) is 28.6 Å². The molecule has 2 aromatic heterocycles. The standard InChI is InChI=1S/C21H20ClF3N4O/c1-12-9-29(10-13(2)30-12)11-19-27-18-7-17(26-8-15(18)20(22)28-19)14-5-3-4-6-16(14)21(23,24)25/h3-8,12-13H,9-11H2,1-2H3/t12-,13+. The number of pyridine rings is 1. The summed E-state index contributed by atoms with van der Waals surface area (Å²) >= 11 is 6.33. The zero-order valence-electron chi connectivity index (χ0n) is 16.4. The lowest BCUT2D eigenvalue weighted by Crippen LogP contribution is -2.45. The number of nitrogens with zero attached hydrogens (tertiary/aromatic N) is 4. The molecule has 30 heavy (non-hydrogen) atoms. The first kappa shape index (κ1) is 21.0. The molecule has 0 unspecified atom stereocenters. The smallest absolute Gasteiger partial charge is 0.373 e. The van der Waals surface area contributed by atoms with Crippen LogP contribution in [0.1, 0.15) is 25.2 Å². The van der Waals surface area contributed by atoms with Gasteiger partial charge in [-0.15, -0.1) is 0 Å². The highest BCUT2D eigenvalue weighted by molar-refractivity contribution is 6.34. The second-order valence-electron chi connectivity index (χ2n) is 7.51. The molecule has 4 rings (SSSR count). The molecular formula is C21H20ClF3N4O. The second kappa shape index (κ2) is 8.09. The van der Waals surface area contributed by atoms with E-state index < -0.39 is 11.7 Å². The van der Waals surface area contributed by atoms with Crippen molar-refractivity contribution in [3.8, 4) is 11.3 Å². The van der Waals surface area contributed by atoms with Crippen LogP contribution in [0.2, 0.25) is 5.15 Å². The molecule has 1 aromatic carbocycles. The van der Waals surface area contributed by atoms with Crippen LogP contribution in [0.3, 0.4) is 0 Å². The fourth-order valence-corrected chi connectivity index (χ4v) is 4.06. The van der Waals surface area contributed by atoms with E-state index in [0.717, 1.165) is 19.2 Å². The van der Waals surface area contributed by atoms with Crippen LogP contribution in [-0.4, -0.2) is 45.1 Å². The number of hydrogen-bond donors (Lipinski definition) is 0. The number of benzene rings is 1. The maximum absolute atomic E-state index is 13.4. The van der Waals surface area contributed by atoms with Crippen molar-refractivity contribution >= 4 is 22.5 Å². The van der Waals surface area contributed by atoms with Gasteiger partial charge in [-0.1, -0.05) is 29.8 Å². The zero-order chi connectivity index (χ0) is 21.5. The molecule has 1 aliphatic rings. The van der Waals surface area contributed by atoms with Gasteiger partial charge in [-0.2, -0.15) is 13.2 Å². The monoisotopic (exact) mass is 436 g/mol. The highest BCUT2D eigenvalue weighted by Gasteiger charge is 2.33. The van der Waals surface area contributed by atoms with E-state index in [2.05, 4.69) is 19.9 Å². The Hall–Kier alpha value is -2.29. The van der Waals surface area contributed by atoms with E-state index in [0.29, 0.717) is 23.3 Å². The minimum Gasteiger partial charge on any atom is -0.373 e. The van der Waals surface area contributed by atoms with Crippen molar-refractivity contribution in [2.75, 3.05) is 13.1 Å². The number of morpholine rings is 1. The van der Waals surface area contributed by atoms with E-state index in [4.69, 9.17) is 16.3 Å². The molecule has 3 heterocycles. The summed E-state index contributed by atoms with van der Waals surface area (Å²) in [5, 5.41) is 0.727. The lowest BCUT2D eigenvalue weighted by Gasteiger charge is -2.34. The quantitative estimate of drug-likeness (QED) is 0.542. The summed E-state index contributed by atoms with van der Waals surface area (Å²) in [5.74, 6) is 0.509. The number of hydrogen-bond acceptors (Lipinski definition) is 5. The Morgan fingerprint density at radius 1 is 1.13 bits per heavy atom. The molecule has 0 spiro atoms. The van der Waals surface area contributed by atoms with Crippen LogP contribution in [0.25, 0.3) is 22.2 Å². The minimum absolute atomic E-state index is 0.000913. The first-order chi connectivity index (χ1) is 14.2. The second-order valence-corrected chi connectivity index (χ2v) is 7.87. The molecule has 9 heteroatoms. The molecule has 0 N–H and O–H groups in total. The summed E-state index contributed by atoms with van der Waals surface area (Å²) in [5.41, 5.74) is -0.0985. The van der Waals surface area contributed by atoms with Crippen LogP contribution in [0.15, 0.2) is 36.5 Å². The topological polar surface area (TPSA) is 51.1 Å². The lowest BCUT2D eigenvalue weighted by molar-refractivity contribution is -0.137. The van der Waals surface area contributed by atoms with Crippen molar-refractivity contribution in [3.05, 3.63) is 53.1 Å². The molecule has 0 saturated carbocycles. The van der Waals surface area contributed by atoms with E-state index in [9.17, 15) is 13.2 Å². The Balaban J connectivity index is 1.71. The summed E-state index contributed by atoms with van der Waals surface area (Å²) < 4.78 is 46.0. The van der Waals surface area contributed by atoms with Gasteiger partial charge < -0.3 is 4.74 Å². The molecule has 5 nitrogen and oxygen atoms in total. The summed E-state index contributed by atoms with van der Waals surface area (Å²) in [7, 11) is 0. The van der Waals surface area contributed by atoms with Gasteiger partial charge >= 0.3 is 6.18 Å². The molecule has 0 radical (unpaired) electrons. The maximum atomic E-state index is 13.4. The zero-order valence-corrected chi connectivity index (χ0v) is 17.2. The SMILES string of the molecule is C[C@@H]1CN(Cc2nc(Cl)c3cnc(-c4ccccc4C(F)(F)F)cc3n2)C[C@H](C)O1. The van der Waals surface area contributed by atoms with Crippen LogP contribution >= 0.6 is 11.6 Å². The van der Waals surface area contributed by atoms with Crippen molar-refractivity contribution in [2.45, 2.75) is 38.8 Å². The van der Waals surface area contributed by atoms with Crippen LogP contribution in [-0.2, 0) is 17.5 Å². The number of halogens is 4. The Kier molecular flexibility index (Phi) is 5.65. The van der Waals surface area contributed by atoms with E-state index in [1.165, 1.54) is 24.4 Å². The summed E-state index contributed by atoms with van der Waals surface area (Å²) in [6, 6.07) is 6.88. The number of alkyl halides is 3. The third-order valence-corrected chi connectivity index (χ3v) is 5.24. The Morgan fingerprint density at radius 3 is 2.53 bits per heavy atom. The summed E-state index contributed by atoms with van der Waals surface area (Å²) in [6.45, 7) is 5.97. The van der Waals surface area contributed by atoms with E-state index >= 15 is 0 Å². The number of ether oxygens (including phenoxy) is 1. The van der Waals surface area contributed by atoms with Gasteiger partial charge in [0.25, 0.3) is 0 Å². The Labute approximate surface area is 176 Å². The third-order valence-electron chi connectivity index (χ3n) is 4.95. The normalized spacial score (nSPS) is 20.6. The van der Waals surface area contributed by atoms with Gasteiger partial charge in [0.1, 0.15) is 11.0 Å². The average Bonchev–Trinajstić information content (AvgIpc) is 2.66. The Bertz CT molecular complexity index is 1070. The van der Waals surface area contributed by atoms with Gasteiger partial charge in [0.05, 0.1) is 40.9 Å². The molecule has 0 amide bonds. The molecule has 2 atom stereocenters. The molecule has 0 bridgehead atoms. The Morgan fingerprint density at radius 2 is 1.83 bits per heavy atom. The minimum atomic E-state index is -4.48. The summed E-state index contributed by atoms with van der Waals surface area (Å²) in [4.78, 5) is 15.3. The fraction of sp³-hybridized carbons (Fsp3) is 0.381. The predicted molar refractivity (Wildman–Crippen MR) is 108 cm³/mol. The van der Waals surface area contributed by atoms with Crippen LogP contribution < -0.4 is 0 Å². The number of rotatable bonds is 3. The van der Waals surface area contributed by atoms with Crippen molar-refractivity contribution < 1.29 is 17.9 Å². The molecule has 0 aliphatic carbocycles. The van der Waals surface area contributed by atoms with E-state index in [1.807, 2.05) is 13.8 Å². The third kappa shape index (κ3) is 4.40.